The zero-order valence-corrected chi connectivity index (χ0v) is 12.5. The molecule has 0 amide bonds. The Morgan fingerprint density at radius 3 is 2.62 bits per heavy atom. The second-order valence-corrected chi connectivity index (χ2v) is 5.17. The maximum absolute atomic E-state index is 9.37. The molecule has 0 bridgehead atoms. The van der Waals surface area contributed by atoms with E-state index in [0.717, 1.165) is 5.56 Å². The monoisotopic (exact) mass is 319 g/mol. The van der Waals surface area contributed by atoms with E-state index in [0.29, 0.717) is 29.5 Å². The molecule has 0 fully saturated rings. The summed E-state index contributed by atoms with van der Waals surface area (Å²) in [6.45, 7) is 0. The molecule has 0 aliphatic carbocycles. The molecule has 2 N–H and O–H groups in total. The lowest BCUT2D eigenvalue weighted by Crippen LogP contribution is -2.04. The molecule has 8 heteroatoms. The number of aromatic hydroxyl groups is 1. The average molecular weight is 319 g/mol. The summed E-state index contributed by atoms with van der Waals surface area (Å²) in [7, 11) is 0. The quantitative estimate of drug-likeness (QED) is 0.593. The largest absolute Gasteiger partial charge is 0.508 e. The molecule has 0 saturated heterocycles. The number of hydrogen-bond acceptors (Lipinski definition) is 7. The van der Waals surface area contributed by atoms with E-state index in [1.165, 1.54) is 6.33 Å². The van der Waals surface area contributed by atoms with Crippen LogP contribution < -0.4 is 5.32 Å². The Bertz CT molecular complexity index is 967. The van der Waals surface area contributed by atoms with Crippen molar-refractivity contribution in [1.82, 2.24) is 29.8 Å². The van der Waals surface area contributed by atoms with Crippen LogP contribution >= 0.6 is 0 Å². The minimum absolute atomic E-state index is 0.235. The number of anilines is 2. The summed E-state index contributed by atoms with van der Waals surface area (Å²) < 4.78 is 1.69. The molecule has 24 heavy (non-hydrogen) atoms. The predicted octanol–water partition coefficient (Wildman–Crippen LogP) is 1.95. The van der Waals surface area contributed by atoms with Crippen LogP contribution in [0.2, 0.25) is 0 Å². The number of nitrogens with one attached hydrogen (secondary N) is 1. The molecular weight excluding hydrogens is 306 g/mol. The Morgan fingerprint density at radius 2 is 1.83 bits per heavy atom. The highest BCUT2D eigenvalue weighted by Crippen LogP contribution is 2.15. The van der Waals surface area contributed by atoms with Gasteiger partial charge in [-0.15, -0.1) is 15.3 Å². The highest BCUT2D eigenvalue weighted by atomic mass is 16.3. The molecule has 4 rings (SSSR count). The SMILES string of the molecule is Oc1ccc(Cc2nnc3ccc(Nc4ccncn4)nn23)cc1. The lowest BCUT2D eigenvalue weighted by Gasteiger charge is -2.05. The van der Waals surface area contributed by atoms with Crippen LogP contribution in [0.4, 0.5) is 11.6 Å². The number of nitrogens with zero attached hydrogens (tertiary/aromatic N) is 6. The molecule has 0 aliphatic rings. The van der Waals surface area contributed by atoms with Crippen LogP contribution in [0.3, 0.4) is 0 Å². The van der Waals surface area contributed by atoms with Crippen molar-refractivity contribution in [2.24, 2.45) is 0 Å². The molecule has 8 nitrogen and oxygen atoms in total. The second-order valence-electron chi connectivity index (χ2n) is 5.17. The van der Waals surface area contributed by atoms with Crippen molar-refractivity contribution in [2.45, 2.75) is 6.42 Å². The Morgan fingerprint density at radius 1 is 0.958 bits per heavy atom. The lowest BCUT2D eigenvalue weighted by atomic mass is 10.1. The van der Waals surface area contributed by atoms with Gasteiger partial charge in [0.2, 0.25) is 0 Å². The van der Waals surface area contributed by atoms with Gasteiger partial charge >= 0.3 is 0 Å². The van der Waals surface area contributed by atoms with E-state index in [9.17, 15) is 5.11 Å². The Kier molecular flexibility index (Phi) is 3.47. The van der Waals surface area contributed by atoms with E-state index in [-0.39, 0.29) is 5.75 Å². The summed E-state index contributed by atoms with van der Waals surface area (Å²) in [6, 6.07) is 12.4. The zero-order valence-electron chi connectivity index (χ0n) is 12.5. The first kappa shape index (κ1) is 14.1. The minimum Gasteiger partial charge on any atom is -0.508 e. The van der Waals surface area contributed by atoms with Crippen molar-refractivity contribution < 1.29 is 5.11 Å². The van der Waals surface area contributed by atoms with E-state index in [1.54, 1.807) is 28.9 Å². The third-order valence-electron chi connectivity index (χ3n) is 3.46. The van der Waals surface area contributed by atoms with Gasteiger partial charge in [0, 0.05) is 12.6 Å². The van der Waals surface area contributed by atoms with Crippen molar-refractivity contribution in [2.75, 3.05) is 5.32 Å². The Hall–Kier alpha value is -3.55. The minimum atomic E-state index is 0.235. The predicted molar refractivity (Wildman–Crippen MR) is 87.0 cm³/mol. The van der Waals surface area contributed by atoms with Gasteiger partial charge < -0.3 is 10.4 Å². The number of phenolic OH excluding ortho intramolecular Hbond substituents is 1. The van der Waals surface area contributed by atoms with Gasteiger partial charge in [0.05, 0.1) is 0 Å². The van der Waals surface area contributed by atoms with Crippen molar-refractivity contribution in [3.05, 3.63) is 66.4 Å². The maximum atomic E-state index is 9.37. The third kappa shape index (κ3) is 2.84. The fraction of sp³-hybridized carbons (Fsp3) is 0.0625. The van der Waals surface area contributed by atoms with Crippen molar-refractivity contribution in [1.29, 1.82) is 0 Å². The van der Waals surface area contributed by atoms with Gasteiger partial charge in [-0.25, -0.2) is 9.97 Å². The van der Waals surface area contributed by atoms with Crippen LogP contribution in [0.1, 0.15) is 11.4 Å². The fourth-order valence-corrected chi connectivity index (χ4v) is 2.30. The molecule has 0 atom stereocenters. The van der Waals surface area contributed by atoms with E-state index >= 15 is 0 Å². The molecule has 0 spiro atoms. The van der Waals surface area contributed by atoms with Crippen molar-refractivity contribution in [3.63, 3.8) is 0 Å². The third-order valence-corrected chi connectivity index (χ3v) is 3.46. The van der Waals surface area contributed by atoms with E-state index in [4.69, 9.17) is 0 Å². The Balaban J connectivity index is 1.64. The molecule has 3 aromatic heterocycles. The molecule has 0 radical (unpaired) electrons. The number of hydrogen-bond donors (Lipinski definition) is 2. The molecule has 1 aromatic carbocycles. The average Bonchev–Trinajstić information content (AvgIpc) is 3.00. The normalized spacial score (nSPS) is 10.8. The van der Waals surface area contributed by atoms with Gasteiger partial charge in [0.25, 0.3) is 0 Å². The van der Waals surface area contributed by atoms with Crippen LogP contribution in [0.25, 0.3) is 5.65 Å². The van der Waals surface area contributed by atoms with Gasteiger partial charge in [-0.1, -0.05) is 12.1 Å². The summed E-state index contributed by atoms with van der Waals surface area (Å²) in [6.07, 6.45) is 3.68. The first-order valence-corrected chi connectivity index (χ1v) is 7.30. The number of rotatable bonds is 4. The summed E-state index contributed by atoms with van der Waals surface area (Å²) in [5, 5.41) is 25.3. The van der Waals surface area contributed by atoms with E-state index in [1.807, 2.05) is 24.3 Å². The van der Waals surface area contributed by atoms with Crippen LogP contribution in [0.15, 0.2) is 55.0 Å². The highest BCUT2D eigenvalue weighted by Gasteiger charge is 2.09. The van der Waals surface area contributed by atoms with E-state index in [2.05, 4.69) is 30.6 Å². The van der Waals surface area contributed by atoms with Crippen LogP contribution in [0, 0.1) is 0 Å². The second kappa shape index (κ2) is 5.92. The molecule has 118 valence electrons. The summed E-state index contributed by atoms with van der Waals surface area (Å²) in [5.41, 5.74) is 1.68. The number of phenols is 1. The van der Waals surface area contributed by atoms with Gasteiger partial charge in [0.15, 0.2) is 17.3 Å². The highest BCUT2D eigenvalue weighted by molar-refractivity contribution is 5.52. The summed E-state index contributed by atoms with van der Waals surface area (Å²) >= 11 is 0. The van der Waals surface area contributed by atoms with Gasteiger partial charge in [-0.2, -0.15) is 4.52 Å². The molecular formula is C16H13N7O. The van der Waals surface area contributed by atoms with Crippen LogP contribution in [-0.2, 0) is 6.42 Å². The van der Waals surface area contributed by atoms with Crippen molar-refractivity contribution >= 4 is 17.3 Å². The molecule has 4 aromatic rings. The maximum Gasteiger partial charge on any atom is 0.178 e. The van der Waals surface area contributed by atoms with Crippen molar-refractivity contribution in [3.8, 4) is 5.75 Å². The smallest absolute Gasteiger partial charge is 0.178 e. The molecule has 0 aliphatic heterocycles. The summed E-state index contributed by atoms with van der Waals surface area (Å²) in [4.78, 5) is 8.00. The topological polar surface area (TPSA) is 101 Å². The van der Waals surface area contributed by atoms with Gasteiger partial charge in [-0.05, 0) is 35.9 Å². The lowest BCUT2D eigenvalue weighted by molar-refractivity contribution is 0.475. The number of fused-ring (bicyclic) bond motifs is 1. The molecule has 0 unspecified atom stereocenters. The number of aromatic nitrogens is 6. The molecule has 3 heterocycles. The zero-order chi connectivity index (χ0) is 16.4. The first-order chi connectivity index (χ1) is 11.8. The van der Waals surface area contributed by atoms with E-state index < -0.39 is 0 Å². The van der Waals surface area contributed by atoms with Gasteiger partial charge in [0.1, 0.15) is 17.9 Å². The number of benzene rings is 1. The first-order valence-electron chi connectivity index (χ1n) is 7.30. The van der Waals surface area contributed by atoms with Crippen LogP contribution in [-0.4, -0.2) is 34.9 Å². The molecule has 0 saturated carbocycles. The van der Waals surface area contributed by atoms with Crippen LogP contribution in [0.5, 0.6) is 5.75 Å². The Labute approximate surface area is 136 Å². The van der Waals surface area contributed by atoms with Gasteiger partial charge in [-0.3, -0.25) is 0 Å². The summed E-state index contributed by atoms with van der Waals surface area (Å²) in [5.74, 6) is 2.24. The standard InChI is InChI=1S/C16H13N7O/c24-12-3-1-11(2-4-12)9-16-21-20-15-6-5-14(22-23(15)16)19-13-7-8-17-10-18-13/h1-8,10,24H,9H2,(H,17,18,19,22). The fourth-order valence-electron chi connectivity index (χ4n) is 2.30.